The molecule has 2 nitrogen and oxygen atoms in total. The van der Waals surface area contributed by atoms with Crippen molar-refractivity contribution in [3.8, 4) is 0 Å². The Hall–Kier alpha value is -1.83. The first-order valence-electron chi connectivity index (χ1n) is 6.43. The maximum atomic E-state index is 9.96. The average Bonchev–Trinajstić information content (AvgIpc) is 2.41. The number of nitrogens with zero attached hydrogens (tertiary/aromatic N) is 1. The Morgan fingerprint density at radius 3 is 2.89 bits per heavy atom. The van der Waals surface area contributed by atoms with Crippen molar-refractivity contribution in [2.75, 3.05) is 0 Å². The second kappa shape index (κ2) is 5.67. The van der Waals surface area contributed by atoms with Gasteiger partial charge in [-0.05, 0) is 43.4 Å². The van der Waals surface area contributed by atoms with Crippen molar-refractivity contribution in [2.24, 2.45) is 4.99 Å². The molecule has 0 bridgehead atoms. The predicted molar refractivity (Wildman–Crippen MR) is 76.6 cm³/mol. The highest BCUT2D eigenvalue weighted by molar-refractivity contribution is 5.86. The number of benzene rings is 1. The molecule has 0 radical (unpaired) electrons. The fourth-order valence-electron chi connectivity index (χ4n) is 2.09. The van der Waals surface area contributed by atoms with E-state index in [1.807, 2.05) is 31.2 Å². The Kier molecular flexibility index (Phi) is 3.98. The van der Waals surface area contributed by atoms with E-state index >= 15 is 0 Å². The summed E-state index contributed by atoms with van der Waals surface area (Å²) in [6.45, 7) is 4.09. The van der Waals surface area contributed by atoms with Crippen LogP contribution in [0.5, 0.6) is 0 Å². The van der Waals surface area contributed by atoms with E-state index < -0.39 is 0 Å². The van der Waals surface area contributed by atoms with Gasteiger partial charge >= 0.3 is 0 Å². The topological polar surface area (TPSA) is 32.6 Å². The molecule has 1 aromatic carbocycles. The van der Waals surface area contributed by atoms with Gasteiger partial charge in [0.1, 0.15) is 5.76 Å². The molecular formula is C16H19NO. The summed E-state index contributed by atoms with van der Waals surface area (Å²) in [5.74, 6) is 0.388. The molecule has 0 saturated carbocycles. The van der Waals surface area contributed by atoms with Crippen molar-refractivity contribution in [1.29, 1.82) is 0 Å². The van der Waals surface area contributed by atoms with Crippen molar-refractivity contribution in [3.05, 3.63) is 52.8 Å². The smallest absolute Gasteiger partial charge is 0.122 e. The summed E-state index contributed by atoms with van der Waals surface area (Å²) in [6.07, 6.45) is 6.70. The molecule has 1 N–H and O–H groups in total. The Morgan fingerprint density at radius 2 is 2.11 bits per heavy atom. The highest BCUT2D eigenvalue weighted by Gasteiger charge is 2.10. The Bertz CT molecular complexity index is 524. The van der Waals surface area contributed by atoms with Crippen LogP contribution in [0.4, 0.5) is 5.69 Å². The molecule has 0 atom stereocenters. The molecule has 0 aromatic heterocycles. The van der Waals surface area contributed by atoms with Crippen LogP contribution in [0.15, 0.2) is 52.2 Å². The fourth-order valence-corrected chi connectivity index (χ4v) is 2.09. The second-order valence-electron chi connectivity index (χ2n) is 4.57. The maximum Gasteiger partial charge on any atom is 0.122 e. The summed E-state index contributed by atoms with van der Waals surface area (Å²) < 4.78 is 0. The highest BCUT2D eigenvalue weighted by atomic mass is 16.3. The second-order valence-corrected chi connectivity index (χ2v) is 4.57. The summed E-state index contributed by atoms with van der Waals surface area (Å²) in [5.41, 5.74) is 4.09. The number of aliphatic hydroxyl groups excluding tert-OH is 1. The van der Waals surface area contributed by atoms with Gasteiger partial charge in [-0.25, -0.2) is 0 Å². The molecule has 0 fully saturated rings. The van der Waals surface area contributed by atoms with Gasteiger partial charge in [0.15, 0.2) is 0 Å². The number of rotatable bonds is 3. The SMILES string of the molecule is CCc1ccccc1N=CC1=CCCC(C)=C1O. The third-order valence-electron chi connectivity index (χ3n) is 3.28. The van der Waals surface area contributed by atoms with Crippen LogP contribution in [0, 0.1) is 0 Å². The molecule has 2 heteroatoms. The molecule has 1 aliphatic rings. The predicted octanol–water partition coefficient (Wildman–Crippen LogP) is 4.50. The third-order valence-corrected chi connectivity index (χ3v) is 3.28. The number of aliphatic imine (C=N–C) groups is 1. The number of para-hydroxylation sites is 1. The zero-order chi connectivity index (χ0) is 13.0. The van der Waals surface area contributed by atoms with E-state index in [4.69, 9.17) is 0 Å². The van der Waals surface area contributed by atoms with Gasteiger partial charge in [0, 0.05) is 11.8 Å². The fraction of sp³-hybridized carbons (Fsp3) is 0.312. The van der Waals surface area contributed by atoms with E-state index in [0.29, 0.717) is 5.76 Å². The van der Waals surface area contributed by atoms with Crippen molar-refractivity contribution >= 4 is 11.9 Å². The minimum Gasteiger partial charge on any atom is -0.507 e. The largest absolute Gasteiger partial charge is 0.507 e. The summed E-state index contributed by atoms with van der Waals surface area (Å²) in [7, 11) is 0. The number of aryl methyl sites for hydroxylation is 1. The molecule has 2 rings (SSSR count). The monoisotopic (exact) mass is 241 g/mol. The molecule has 1 aliphatic carbocycles. The summed E-state index contributed by atoms with van der Waals surface area (Å²) in [4.78, 5) is 4.50. The third kappa shape index (κ3) is 2.70. The highest BCUT2D eigenvalue weighted by Crippen LogP contribution is 2.24. The molecule has 0 unspecified atom stereocenters. The minimum atomic E-state index is 0.388. The Morgan fingerprint density at radius 1 is 1.33 bits per heavy atom. The number of allylic oxidation sites excluding steroid dienone is 3. The van der Waals surface area contributed by atoms with Gasteiger partial charge in [-0.2, -0.15) is 0 Å². The van der Waals surface area contributed by atoms with Gasteiger partial charge in [0.05, 0.1) is 5.69 Å². The molecular weight excluding hydrogens is 222 g/mol. The van der Waals surface area contributed by atoms with Crippen molar-refractivity contribution in [3.63, 3.8) is 0 Å². The molecule has 18 heavy (non-hydrogen) atoms. The van der Waals surface area contributed by atoms with E-state index in [1.54, 1.807) is 6.21 Å². The van der Waals surface area contributed by atoms with Gasteiger partial charge in [0.2, 0.25) is 0 Å². The van der Waals surface area contributed by atoms with Gasteiger partial charge in [-0.3, -0.25) is 4.99 Å². The average molecular weight is 241 g/mol. The molecule has 0 spiro atoms. The van der Waals surface area contributed by atoms with E-state index in [1.165, 1.54) is 5.56 Å². The lowest BCUT2D eigenvalue weighted by Gasteiger charge is -2.11. The van der Waals surface area contributed by atoms with Crippen molar-refractivity contribution in [1.82, 2.24) is 0 Å². The minimum absolute atomic E-state index is 0.388. The van der Waals surface area contributed by atoms with E-state index in [2.05, 4.69) is 18.0 Å². The molecule has 0 aliphatic heterocycles. The summed E-state index contributed by atoms with van der Waals surface area (Å²) >= 11 is 0. The van der Waals surface area contributed by atoms with Crippen LogP contribution in [-0.2, 0) is 6.42 Å². The van der Waals surface area contributed by atoms with Crippen LogP contribution >= 0.6 is 0 Å². The lowest BCUT2D eigenvalue weighted by molar-refractivity contribution is 0.415. The van der Waals surface area contributed by atoms with Crippen LogP contribution in [0.1, 0.15) is 32.3 Å². The van der Waals surface area contributed by atoms with E-state index in [9.17, 15) is 5.11 Å². The standard InChI is InChI=1S/C16H19NO/c1-3-13-8-4-5-10-15(13)17-11-14-9-6-7-12(2)16(14)18/h4-5,8-11,18H,3,6-7H2,1-2H3. The quantitative estimate of drug-likeness (QED) is 0.776. The summed E-state index contributed by atoms with van der Waals surface area (Å²) in [6, 6.07) is 8.11. The first kappa shape index (κ1) is 12.6. The van der Waals surface area contributed by atoms with Crippen LogP contribution in [0.25, 0.3) is 0 Å². The van der Waals surface area contributed by atoms with Crippen molar-refractivity contribution in [2.45, 2.75) is 33.1 Å². The van der Waals surface area contributed by atoms with Gasteiger partial charge in [-0.15, -0.1) is 0 Å². The summed E-state index contributed by atoms with van der Waals surface area (Å²) in [5, 5.41) is 9.96. The zero-order valence-electron chi connectivity index (χ0n) is 11.0. The zero-order valence-corrected chi connectivity index (χ0v) is 11.0. The number of hydrogen-bond acceptors (Lipinski definition) is 2. The first-order chi connectivity index (χ1) is 8.72. The lowest BCUT2D eigenvalue weighted by atomic mass is 9.99. The molecule has 0 saturated heterocycles. The number of hydrogen-bond donors (Lipinski definition) is 1. The van der Waals surface area contributed by atoms with E-state index in [0.717, 1.165) is 36.1 Å². The maximum absolute atomic E-state index is 9.96. The first-order valence-corrected chi connectivity index (χ1v) is 6.43. The molecule has 0 heterocycles. The van der Waals surface area contributed by atoms with E-state index in [-0.39, 0.29) is 0 Å². The Labute approximate surface area is 108 Å². The Balaban J connectivity index is 2.24. The van der Waals surface area contributed by atoms with Gasteiger partial charge in [-0.1, -0.05) is 31.2 Å². The molecule has 94 valence electrons. The van der Waals surface area contributed by atoms with Crippen LogP contribution in [-0.4, -0.2) is 11.3 Å². The van der Waals surface area contributed by atoms with Gasteiger partial charge in [0.25, 0.3) is 0 Å². The molecule has 1 aromatic rings. The molecule has 0 amide bonds. The lowest BCUT2D eigenvalue weighted by Crippen LogP contribution is -2.00. The van der Waals surface area contributed by atoms with Gasteiger partial charge < -0.3 is 5.11 Å². The normalized spacial score (nSPS) is 16.2. The number of aliphatic hydroxyl groups is 1. The van der Waals surface area contributed by atoms with Crippen LogP contribution < -0.4 is 0 Å². The van der Waals surface area contributed by atoms with Crippen LogP contribution in [0.2, 0.25) is 0 Å². The van der Waals surface area contributed by atoms with Crippen molar-refractivity contribution < 1.29 is 5.11 Å². The van der Waals surface area contributed by atoms with Crippen LogP contribution in [0.3, 0.4) is 0 Å².